The lowest BCUT2D eigenvalue weighted by atomic mass is 9.95. The van der Waals surface area contributed by atoms with Gasteiger partial charge in [-0.05, 0) is 31.6 Å². The lowest BCUT2D eigenvalue weighted by Gasteiger charge is -2.31. The van der Waals surface area contributed by atoms with E-state index in [0.29, 0.717) is 17.7 Å². The third kappa shape index (κ3) is 2.92. The van der Waals surface area contributed by atoms with Gasteiger partial charge in [0.2, 0.25) is 11.0 Å². The Kier molecular flexibility index (Phi) is 3.37. The van der Waals surface area contributed by atoms with Gasteiger partial charge in [-0.15, -0.1) is 10.2 Å². The summed E-state index contributed by atoms with van der Waals surface area (Å²) in [4.78, 5) is 6.70. The van der Waals surface area contributed by atoms with Gasteiger partial charge in [0.1, 0.15) is 5.01 Å². The molecule has 1 saturated carbocycles. The van der Waals surface area contributed by atoms with Crippen molar-refractivity contribution in [1.82, 2.24) is 20.3 Å². The quantitative estimate of drug-likeness (QED) is 0.865. The molecule has 0 unspecified atom stereocenters. The predicted octanol–water partition coefficient (Wildman–Crippen LogP) is 2.57. The molecule has 112 valence electrons. The first-order chi connectivity index (χ1) is 10.3. The first-order valence-corrected chi connectivity index (χ1v) is 8.47. The van der Waals surface area contributed by atoms with Gasteiger partial charge in [-0.3, -0.25) is 0 Å². The van der Waals surface area contributed by atoms with Crippen LogP contribution < -0.4 is 4.90 Å². The summed E-state index contributed by atoms with van der Waals surface area (Å²) in [7, 11) is 0. The van der Waals surface area contributed by atoms with E-state index in [1.165, 1.54) is 30.7 Å². The summed E-state index contributed by atoms with van der Waals surface area (Å²) in [5, 5.41) is 15.1. The molecule has 0 spiro atoms. The number of anilines is 1. The molecule has 0 radical (unpaired) electrons. The van der Waals surface area contributed by atoms with Crippen LogP contribution in [-0.2, 0) is 6.42 Å². The van der Waals surface area contributed by atoms with Crippen molar-refractivity contribution in [2.45, 2.75) is 44.9 Å². The van der Waals surface area contributed by atoms with Crippen LogP contribution >= 0.6 is 11.3 Å². The summed E-state index contributed by atoms with van der Waals surface area (Å²) >= 11 is 1.78. The maximum absolute atomic E-state index is 5.06. The Morgan fingerprint density at radius 1 is 1.29 bits per heavy atom. The average molecular weight is 305 g/mol. The Morgan fingerprint density at radius 3 is 2.95 bits per heavy atom. The highest BCUT2D eigenvalue weighted by Crippen LogP contribution is 2.43. The molecule has 0 amide bonds. The number of rotatable bonds is 4. The van der Waals surface area contributed by atoms with Crippen LogP contribution in [0.25, 0.3) is 0 Å². The van der Waals surface area contributed by atoms with Crippen LogP contribution in [0.2, 0.25) is 0 Å². The zero-order valence-corrected chi connectivity index (χ0v) is 13.0. The predicted molar refractivity (Wildman–Crippen MR) is 79.6 cm³/mol. The maximum Gasteiger partial charge on any atom is 0.223 e. The van der Waals surface area contributed by atoms with Gasteiger partial charge in [-0.2, -0.15) is 4.98 Å². The van der Waals surface area contributed by atoms with Gasteiger partial charge in [0.25, 0.3) is 0 Å². The molecule has 1 aliphatic carbocycles. The summed E-state index contributed by atoms with van der Waals surface area (Å²) in [5.41, 5.74) is 0. The van der Waals surface area contributed by atoms with Crippen LogP contribution in [0.15, 0.2) is 4.52 Å². The minimum Gasteiger partial charge on any atom is -0.346 e. The molecule has 21 heavy (non-hydrogen) atoms. The molecule has 4 rings (SSSR count). The second-order valence-electron chi connectivity index (χ2n) is 6.09. The molecule has 7 heteroatoms. The minimum atomic E-state index is 0.573. The van der Waals surface area contributed by atoms with Crippen molar-refractivity contribution in [2.24, 2.45) is 5.92 Å². The van der Waals surface area contributed by atoms with Crippen molar-refractivity contribution in [3.05, 3.63) is 16.7 Å². The Balaban J connectivity index is 1.41. The normalized spacial score (nSPS) is 22.7. The average Bonchev–Trinajstić information content (AvgIpc) is 3.07. The Morgan fingerprint density at radius 2 is 2.19 bits per heavy atom. The Bertz CT molecular complexity index is 620. The summed E-state index contributed by atoms with van der Waals surface area (Å²) in [6.07, 6.45) is 5.88. The number of piperidine rings is 1. The molecular formula is C14H19N5OS. The summed E-state index contributed by atoms with van der Waals surface area (Å²) in [6.45, 7) is 3.94. The smallest absolute Gasteiger partial charge is 0.223 e. The van der Waals surface area contributed by atoms with Crippen LogP contribution in [0.1, 0.15) is 48.3 Å². The SMILES string of the molecule is Cc1nc(C[C@H]2CCCN(c3nnc(C4CC4)s3)C2)no1. The van der Waals surface area contributed by atoms with E-state index in [2.05, 4.69) is 25.2 Å². The molecule has 0 aromatic carbocycles. The standard InChI is InChI=1S/C14H19N5OS/c1-9-15-12(18-20-9)7-10-3-2-6-19(8-10)14-17-16-13(21-14)11-4-5-11/h10-11H,2-8H2,1H3/t10-/m1/s1. The van der Waals surface area contributed by atoms with Crippen molar-refractivity contribution in [2.75, 3.05) is 18.0 Å². The number of hydrogen-bond donors (Lipinski definition) is 0. The van der Waals surface area contributed by atoms with Gasteiger partial charge < -0.3 is 9.42 Å². The fraction of sp³-hybridized carbons (Fsp3) is 0.714. The second kappa shape index (κ2) is 5.36. The highest BCUT2D eigenvalue weighted by molar-refractivity contribution is 7.15. The van der Waals surface area contributed by atoms with E-state index in [9.17, 15) is 0 Å². The third-order valence-electron chi connectivity index (χ3n) is 4.19. The van der Waals surface area contributed by atoms with E-state index < -0.39 is 0 Å². The van der Waals surface area contributed by atoms with Crippen molar-refractivity contribution >= 4 is 16.5 Å². The fourth-order valence-corrected chi connectivity index (χ4v) is 3.98. The van der Waals surface area contributed by atoms with Crippen LogP contribution in [0.4, 0.5) is 5.13 Å². The lowest BCUT2D eigenvalue weighted by molar-refractivity contribution is 0.369. The van der Waals surface area contributed by atoms with Gasteiger partial charge in [0.05, 0.1) is 0 Å². The number of hydrogen-bond acceptors (Lipinski definition) is 7. The highest BCUT2D eigenvalue weighted by Gasteiger charge is 2.29. The number of aromatic nitrogens is 4. The zero-order valence-electron chi connectivity index (χ0n) is 12.2. The first kappa shape index (κ1) is 13.2. The molecule has 6 nitrogen and oxygen atoms in total. The Labute approximate surface area is 127 Å². The van der Waals surface area contributed by atoms with Gasteiger partial charge in [0, 0.05) is 32.4 Å². The molecule has 0 bridgehead atoms. The first-order valence-electron chi connectivity index (χ1n) is 7.65. The van der Waals surface area contributed by atoms with E-state index in [4.69, 9.17) is 4.52 Å². The van der Waals surface area contributed by atoms with Crippen LogP contribution in [0.3, 0.4) is 0 Å². The molecule has 1 aliphatic heterocycles. The molecule has 3 heterocycles. The molecule has 2 aliphatic rings. The summed E-state index contributed by atoms with van der Waals surface area (Å²) in [6, 6.07) is 0. The van der Waals surface area contributed by atoms with Gasteiger partial charge in [-0.1, -0.05) is 16.5 Å². The van der Waals surface area contributed by atoms with E-state index in [-0.39, 0.29) is 0 Å². The van der Waals surface area contributed by atoms with Crippen LogP contribution in [0.5, 0.6) is 0 Å². The van der Waals surface area contributed by atoms with Gasteiger partial charge in [-0.25, -0.2) is 0 Å². The van der Waals surface area contributed by atoms with E-state index in [1.54, 1.807) is 11.3 Å². The molecule has 1 atom stereocenters. The summed E-state index contributed by atoms with van der Waals surface area (Å²) in [5.74, 6) is 2.74. The zero-order chi connectivity index (χ0) is 14.2. The van der Waals surface area contributed by atoms with E-state index in [0.717, 1.165) is 30.5 Å². The molecule has 2 aromatic rings. The third-order valence-corrected chi connectivity index (χ3v) is 5.33. The van der Waals surface area contributed by atoms with E-state index >= 15 is 0 Å². The minimum absolute atomic E-state index is 0.573. The summed E-state index contributed by atoms with van der Waals surface area (Å²) < 4.78 is 5.06. The number of nitrogens with zero attached hydrogens (tertiary/aromatic N) is 5. The molecule has 1 saturated heterocycles. The topological polar surface area (TPSA) is 67.9 Å². The largest absolute Gasteiger partial charge is 0.346 e. The molecule has 2 fully saturated rings. The van der Waals surface area contributed by atoms with Crippen molar-refractivity contribution < 1.29 is 4.52 Å². The molecule has 0 N–H and O–H groups in total. The maximum atomic E-state index is 5.06. The Hall–Kier alpha value is -1.50. The lowest BCUT2D eigenvalue weighted by Crippen LogP contribution is -2.36. The highest BCUT2D eigenvalue weighted by atomic mass is 32.1. The van der Waals surface area contributed by atoms with Crippen LogP contribution in [0, 0.1) is 12.8 Å². The van der Waals surface area contributed by atoms with Crippen molar-refractivity contribution in [3.8, 4) is 0 Å². The van der Waals surface area contributed by atoms with Crippen LogP contribution in [-0.4, -0.2) is 33.4 Å². The van der Waals surface area contributed by atoms with Crippen molar-refractivity contribution in [1.29, 1.82) is 0 Å². The second-order valence-corrected chi connectivity index (χ2v) is 7.07. The molecule has 2 aromatic heterocycles. The molecular weight excluding hydrogens is 286 g/mol. The van der Waals surface area contributed by atoms with Crippen molar-refractivity contribution in [3.63, 3.8) is 0 Å². The van der Waals surface area contributed by atoms with Gasteiger partial charge >= 0.3 is 0 Å². The van der Waals surface area contributed by atoms with E-state index in [1.807, 2.05) is 6.92 Å². The number of aryl methyl sites for hydroxylation is 1. The fourth-order valence-electron chi connectivity index (χ4n) is 2.94. The monoisotopic (exact) mass is 305 g/mol. The van der Waals surface area contributed by atoms with Gasteiger partial charge in [0.15, 0.2) is 5.82 Å².